The molecule has 6 heteroatoms. The molecule has 8 rings (SSSR count). The summed E-state index contributed by atoms with van der Waals surface area (Å²) in [6.07, 6.45) is 19.1. The van der Waals surface area contributed by atoms with Gasteiger partial charge in [0.1, 0.15) is 23.0 Å². The first-order chi connectivity index (χ1) is 35.4. The summed E-state index contributed by atoms with van der Waals surface area (Å²) in [5.74, 6) is 3.56. The Balaban J connectivity index is 0.000000243. The molecular weight excluding hydrogens is 1030 g/mol. The number of ether oxygens (including phenoxy) is 4. The van der Waals surface area contributed by atoms with Crippen molar-refractivity contribution in [1.82, 2.24) is 0 Å². The summed E-state index contributed by atoms with van der Waals surface area (Å²) in [4.78, 5) is 0. The normalized spacial score (nSPS) is 11.0. The number of benzene rings is 8. The lowest BCUT2D eigenvalue weighted by Gasteiger charge is -2.18. The van der Waals surface area contributed by atoms with E-state index in [-0.39, 0.29) is 0 Å². The second-order valence-corrected chi connectivity index (χ2v) is 21.4. The Kier molecular flexibility index (Phi) is 22.6. The standard InChI is InChI=1S/C42H50O2.C17H22O.C8H8Br2O/c1-7-9-11-13-15-31-17-19-33-25-37(29(3)21-35(33)23-31)39-22-30(4)38(28-42(39)44-6)40-26-34-20-18-32(16-14-12-10-8-2)24-36(34)27-41(40)43-5;1-3-4-5-6-7-14-8-9-15-10-11-17(18-2)13-16(15)12-14;1-5-3-7(10)8(11-2)4-6(5)9/h17-28H,7-16H2,1-6H3;8-13H,3-7H2,1-2H3;3-4H,1-2H3. The fourth-order valence-corrected chi connectivity index (χ4v) is 10.7. The fourth-order valence-electron chi connectivity index (χ4n) is 9.73. The average molecular weight is 1110 g/mol. The maximum Gasteiger partial charge on any atom is 0.134 e. The quantitative estimate of drug-likeness (QED) is 0.0672. The lowest BCUT2D eigenvalue weighted by Crippen LogP contribution is -1.96. The minimum atomic E-state index is 0.850. The number of hydrogen-bond acceptors (Lipinski definition) is 4. The van der Waals surface area contributed by atoms with Crippen LogP contribution in [0.2, 0.25) is 0 Å². The molecule has 0 fully saturated rings. The Morgan fingerprint density at radius 2 is 0.753 bits per heavy atom. The second-order valence-electron chi connectivity index (χ2n) is 19.7. The van der Waals surface area contributed by atoms with Gasteiger partial charge in [0.05, 0.1) is 32.9 Å². The van der Waals surface area contributed by atoms with E-state index in [0.29, 0.717) is 0 Å². The molecule has 386 valence electrons. The number of hydrogen-bond donors (Lipinski definition) is 0. The highest BCUT2D eigenvalue weighted by atomic mass is 79.9. The van der Waals surface area contributed by atoms with Crippen LogP contribution in [0.25, 0.3) is 54.6 Å². The third-order valence-electron chi connectivity index (χ3n) is 14.1. The molecule has 4 nitrogen and oxygen atoms in total. The van der Waals surface area contributed by atoms with Gasteiger partial charge >= 0.3 is 0 Å². The van der Waals surface area contributed by atoms with Crippen LogP contribution >= 0.6 is 31.9 Å². The highest BCUT2D eigenvalue weighted by Gasteiger charge is 2.18. The van der Waals surface area contributed by atoms with E-state index in [0.717, 1.165) is 61.5 Å². The number of rotatable bonds is 21. The maximum atomic E-state index is 6.06. The summed E-state index contributed by atoms with van der Waals surface area (Å²) in [5, 5.41) is 7.62. The van der Waals surface area contributed by atoms with E-state index >= 15 is 0 Å². The molecule has 8 aromatic carbocycles. The SMILES string of the molecule is CCCCCCc1ccc2cc(-c3cc(C)c(-c4cc5ccc(CCCCCC)cc5cc4OC)cc3OC)c(C)cc2c1.CCCCCCc1ccc2ccc(OC)cc2c1.COc1cc(Br)c(C)cc1Br. The molecule has 0 saturated carbocycles. The van der Waals surface area contributed by atoms with E-state index in [4.69, 9.17) is 18.9 Å². The van der Waals surface area contributed by atoms with Crippen molar-refractivity contribution in [3.05, 3.63) is 164 Å². The van der Waals surface area contributed by atoms with Crippen LogP contribution in [0.5, 0.6) is 23.0 Å². The molecule has 0 saturated heterocycles. The first-order valence-corrected chi connectivity index (χ1v) is 28.4. The van der Waals surface area contributed by atoms with Gasteiger partial charge in [0, 0.05) is 15.6 Å². The van der Waals surface area contributed by atoms with E-state index < -0.39 is 0 Å². The Morgan fingerprint density at radius 3 is 1.27 bits per heavy atom. The monoisotopic (exact) mass is 1110 g/mol. The zero-order chi connectivity index (χ0) is 52.3. The molecule has 0 aromatic heterocycles. The van der Waals surface area contributed by atoms with Crippen LogP contribution in [0.3, 0.4) is 0 Å². The van der Waals surface area contributed by atoms with Gasteiger partial charge in [-0.1, -0.05) is 161 Å². The van der Waals surface area contributed by atoms with Crippen molar-refractivity contribution in [2.45, 2.75) is 138 Å². The minimum absolute atomic E-state index is 0.850. The molecule has 0 heterocycles. The number of methoxy groups -OCH3 is 4. The molecule has 8 aromatic rings. The molecule has 0 aliphatic carbocycles. The maximum absolute atomic E-state index is 6.06. The Hall–Kier alpha value is -5.30. The van der Waals surface area contributed by atoms with Crippen molar-refractivity contribution in [2.75, 3.05) is 28.4 Å². The number of unbranched alkanes of at least 4 members (excludes halogenated alkanes) is 9. The lowest BCUT2D eigenvalue weighted by molar-refractivity contribution is 0.411. The Bertz CT molecular complexity index is 3040. The molecule has 0 N–H and O–H groups in total. The third kappa shape index (κ3) is 15.9. The van der Waals surface area contributed by atoms with Crippen molar-refractivity contribution in [2.24, 2.45) is 0 Å². The van der Waals surface area contributed by atoms with Crippen LogP contribution in [-0.2, 0) is 19.3 Å². The van der Waals surface area contributed by atoms with E-state index in [1.165, 1.54) is 155 Å². The largest absolute Gasteiger partial charge is 0.497 e. The van der Waals surface area contributed by atoms with Crippen LogP contribution in [0.1, 0.15) is 131 Å². The van der Waals surface area contributed by atoms with E-state index in [1.54, 1.807) is 28.4 Å². The van der Waals surface area contributed by atoms with E-state index in [1.807, 2.05) is 25.1 Å². The first-order valence-electron chi connectivity index (χ1n) is 26.8. The van der Waals surface area contributed by atoms with E-state index in [2.05, 4.69) is 170 Å². The molecule has 0 bridgehead atoms. The summed E-state index contributed by atoms with van der Waals surface area (Å²) >= 11 is 6.82. The molecule has 73 heavy (non-hydrogen) atoms. The Labute approximate surface area is 455 Å². The number of aryl methyl sites for hydroxylation is 6. The second kappa shape index (κ2) is 29.0. The molecule has 0 amide bonds. The van der Waals surface area contributed by atoms with Gasteiger partial charge in [-0.3, -0.25) is 0 Å². The van der Waals surface area contributed by atoms with Gasteiger partial charge in [-0.2, -0.15) is 0 Å². The van der Waals surface area contributed by atoms with Crippen molar-refractivity contribution < 1.29 is 18.9 Å². The van der Waals surface area contributed by atoms with Gasteiger partial charge < -0.3 is 18.9 Å². The smallest absolute Gasteiger partial charge is 0.134 e. The number of fused-ring (bicyclic) bond motifs is 3. The molecule has 0 radical (unpaired) electrons. The summed E-state index contributed by atoms with van der Waals surface area (Å²) in [5.41, 5.74) is 12.5. The zero-order valence-electron chi connectivity index (χ0n) is 45.5. The van der Waals surface area contributed by atoms with Crippen molar-refractivity contribution in [3.8, 4) is 45.3 Å². The minimum Gasteiger partial charge on any atom is -0.497 e. The summed E-state index contributed by atoms with van der Waals surface area (Å²) < 4.78 is 24.5. The van der Waals surface area contributed by atoms with Crippen LogP contribution in [0.4, 0.5) is 0 Å². The average Bonchev–Trinajstić information content (AvgIpc) is 3.40. The summed E-state index contributed by atoms with van der Waals surface area (Å²) in [6.45, 7) is 13.2. The molecule has 0 atom stereocenters. The zero-order valence-corrected chi connectivity index (χ0v) is 48.7. The molecule has 0 aliphatic rings. The van der Waals surface area contributed by atoms with Gasteiger partial charge in [0.25, 0.3) is 0 Å². The fraction of sp³-hybridized carbons (Fsp3) is 0.373. The van der Waals surface area contributed by atoms with Crippen LogP contribution in [-0.4, -0.2) is 28.4 Å². The van der Waals surface area contributed by atoms with Gasteiger partial charge in [-0.15, -0.1) is 0 Å². The van der Waals surface area contributed by atoms with Gasteiger partial charge in [0.15, 0.2) is 0 Å². The van der Waals surface area contributed by atoms with Crippen LogP contribution in [0.15, 0.2) is 130 Å². The molecule has 0 aliphatic heterocycles. The van der Waals surface area contributed by atoms with Crippen molar-refractivity contribution in [3.63, 3.8) is 0 Å². The first kappa shape index (κ1) is 57.0. The molecular formula is C67H80Br2O4. The highest BCUT2D eigenvalue weighted by Crippen LogP contribution is 2.43. The summed E-state index contributed by atoms with van der Waals surface area (Å²) in [7, 11) is 6.92. The number of halogens is 2. The van der Waals surface area contributed by atoms with E-state index in [9.17, 15) is 0 Å². The summed E-state index contributed by atoms with van der Waals surface area (Å²) in [6, 6.07) is 44.5. The van der Waals surface area contributed by atoms with Gasteiger partial charge in [0.2, 0.25) is 0 Å². The molecule has 0 spiro atoms. The lowest BCUT2D eigenvalue weighted by atomic mass is 9.90. The van der Waals surface area contributed by atoms with Gasteiger partial charge in [-0.05, 0) is 207 Å². The predicted molar refractivity (Wildman–Crippen MR) is 322 cm³/mol. The van der Waals surface area contributed by atoms with Crippen molar-refractivity contribution >= 4 is 64.2 Å². The topological polar surface area (TPSA) is 36.9 Å². The molecule has 0 unspecified atom stereocenters. The highest BCUT2D eigenvalue weighted by molar-refractivity contribution is 9.11. The Morgan fingerprint density at radius 1 is 0.315 bits per heavy atom. The predicted octanol–water partition coefficient (Wildman–Crippen LogP) is 20.7. The van der Waals surface area contributed by atoms with Crippen LogP contribution in [0, 0.1) is 20.8 Å². The van der Waals surface area contributed by atoms with Crippen molar-refractivity contribution in [1.29, 1.82) is 0 Å². The van der Waals surface area contributed by atoms with Crippen LogP contribution < -0.4 is 18.9 Å². The van der Waals surface area contributed by atoms with Gasteiger partial charge in [-0.25, -0.2) is 0 Å². The third-order valence-corrected chi connectivity index (χ3v) is 15.6.